The molecule has 2 amide bonds. The molecule has 0 spiro atoms. The smallest absolute Gasteiger partial charge is 0.407 e. The Hall–Kier alpha value is -2.12. The van der Waals surface area contributed by atoms with E-state index in [4.69, 9.17) is 4.74 Å². The van der Waals surface area contributed by atoms with Gasteiger partial charge in [-0.2, -0.15) is 0 Å². The standard InChI is InChI=1S/C16H22N2O5/c1-16(2,3)23-15(22)17-8-12(19)14(21)10-5-4-9-7-13(20)18-11(9)6-10/h4-6,12,14,19,21H,7-8H2,1-3H3,(H,17,22)(H,18,20). The summed E-state index contributed by atoms with van der Waals surface area (Å²) < 4.78 is 5.06. The number of rotatable bonds is 4. The Labute approximate surface area is 134 Å². The summed E-state index contributed by atoms with van der Waals surface area (Å²) in [5.74, 6) is -0.0984. The molecule has 7 nitrogen and oxygen atoms in total. The second-order valence-corrected chi connectivity index (χ2v) is 6.54. The van der Waals surface area contributed by atoms with Crippen LogP contribution < -0.4 is 10.6 Å². The van der Waals surface area contributed by atoms with E-state index in [-0.39, 0.29) is 12.5 Å². The minimum absolute atomic E-state index is 0.0984. The van der Waals surface area contributed by atoms with Crippen molar-refractivity contribution in [2.75, 3.05) is 11.9 Å². The molecule has 1 aliphatic heterocycles. The highest BCUT2D eigenvalue weighted by atomic mass is 16.6. The zero-order valence-electron chi connectivity index (χ0n) is 13.4. The van der Waals surface area contributed by atoms with Crippen molar-refractivity contribution in [3.63, 3.8) is 0 Å². The zero-order chi connectivity index (χ0) is 17.2. The number of hydrogen-bond acceptors (Lipinski definition) is 5. The number of benzene rings is 1. The lowest BCUT2D eigenvalue weighted by Gasteiger charge is -2.22. The number of aliphatic hydroxyl groups excluding tert-OH is 2. The highest BCUT2D eigenvalue weighted by Crippen LogP contribution is 2.27. The first-order chi connectivity index (χ1) is 10.7. The zero-order valence-corrected chi connectivity index (χ0v) is 13.4. The molecule has 0 saturated heterocycles. The number of nitrogens with one attached hydrogen (secondary N) is 2. The number of ether oxygens (including phenoxy) is 1. The Kier molecular flexibility index (Phi) is 4.91. The van der Waals surface area contributed by atoms with Gasteiger partial charge in [-0.3, -0.25) is 4.79 Å². The average Bonchev–Trinajstić information content (AvgIpc) is 2.81. The highest BCUT2D eigenvalue weighted by molar-refractivity contribution is 5.99. The molecule has 1 aromatic rings. The lowest BCUT2D eigenvalue weighted by Crippen LogP contribution is -2.38. The third-order valence-corrected chi connectivity index (χ3v) is 3.32. The van der Waals surface area contributed by atoms with E-state index in [0.29, 0.717) is 17.7 Å². The first-order valence-corrected chi connectivity index (χ1v) is 7.41. The Morgan fingerprint density at radius 1 is 1.39 bits per heavy atom. The molecular weight excluding hydrogens is 300 g/mol. The van der Waals surface area contributed by atoms with Crippen LogP contribution in [0.2, 0.25) is 0 Å². The summed E-state index contributed by atoms with van der Waals surface area (Å²) in [5.41, 5.74) is 1.32. The molecule has 1 aromatic carbocycles. The fraction of sp³-hybridized carbons (Fsp3) is 0.500. The van der Waals surface area contributed by atoms with Gasteiger partial charge in [0.15, 0.2) is 0 Å². The van der Waals surface area contributed by atoms with Crippen molar-refractivity contribution in [1.29, 1.82) is 0 Å². The number of anilines is 1. The van der Waals surface area contributed by atoms with Gasteiger partial charge in [-0.15, -0.1) is 0 Å². The van der Waals surface area contributed by atoms with Crippen molar-refractivity contribution >= 4 is 17.7 Å². The molecule has 2 rings (SSSR count). The van der Waals surface area contributed by atoms with E-state index in [1.807, 2.05) is 0 Å². The van der Waals surface area contributed by atoms with Crippen LogP contribution in [-0.2, 0) is 16.0 Å². The summed E-state index contributed by atoms with van der Waals surface area (Å²) in [7, 11) is 0. The Morgan fingerprint density at radius 2 is 2.09 bits per heavy atom. The third kappa shape index (κ3) is 4.67. The van der Waals surface area contributed by atoms with Crippen molar-refractivity contribution in [3.8, 4) is 0 Å². The van der Waals surface area contributed by atoms with Gasteiger partial charge in [-0.05, 0) is 38.0 Å². The second kappa shape index (κ2) is 6.55. The highest BCUT2D eigenvalue weighted by Gasteiger charge is 2.24. The number of alkyl carbamates (subject to hydrolysis) is 1. The molecule has 0 aliphatic carbocycles. The quantitative estimate of drug-likeness (QED) is 0.664. The normalized spacial score (nSPS) is 16.3. The summed E-state index contributed by atoms with van der Waals surface area (Å²) in [6, 6.07) is 5.02. The summed E-state index contributed by atoms with van der Waals surface area (Å²) in [4.78, 5) is 22.9. The van der Waals surface area contributed by atoms with Crippen LogP contribution in [0.15, 0.2) is 18.2 Å². The average molecular weight is 322 g/mol. The first kappa shape index (κ1) is 17.2. The van der Waals surface area contributed by atoms with Crippen LogP contribution in [-0.4, -0.2) is 40.5 Å². The SMILES string of the molecule is CC(C)(C)OC(=O)NCC(O)C(O)c1ccc2c(c1)NC(=O)C2. The van der Waals surface area contributed by atoms with Crippen LogP contribution in [0.1, 0.15) is 38.0 Å². The molecule has 7 heteroatoms. The fourth-order valence-electron chi connectivity index (χ4n) is 2.25. The molecule has 4 N–H and O–H groups in total. The van der Waals surface area contributed by atoms with E-state index in [1.165, 1.54) is 0 Å². The first-order valence-electron chi connectivity index (χ1n) is 7.41. The van der Waals surface area contributed by atoms with E-state index < -0.39 is 23.9 Å². The van der Waals surface area contributed by atoms with Crippen LogP contribution in [0.3, 0.4) is 0 Å². The van der Waals surface area contributed by atoms with Crippen LogP contribution in [0, 0.1) is 0 Å². The van der Waals surface area contributed by atoms with E-state index in [9.17, 15) is 19.8 Å². The summed E-state index contributed by atoms with van der Waals surface area (Å²) in [6.45, 7) is 5.05. The Balaban J connectivity index is 1.93. The Morgan fingerprint density at radius 3 is 2.74 bits per heavy atom. The summed E-state index contributed by atoms with van der Waals surface area (Å²) >= 11 is 0. The monoisotopic (exact) mass is 322 g/mol. The summed E-state index contributed by atoms with van der Waals surface area (Å²) in [6.07, 6.45) is -2.73. The number of carbonyl (C=O) groups is 2. The van der Waals surface area contributed by atoms with E-state index in [2.05, 4.69) is 10.6 Å². The topological polar surface area (TPSA) is 108 Å². The van der Waals surface area contributed by atoms with Gasteiger partial charge in [-0.1, -0.05) is 12.1 Å². The molecule has 0 saturated carbocycles. The molecule has 23 heavy (non-hydrogen) atoms. The summed E-state index contributed by atoms with van der Waals surface area (Å²) in [5, 5.41) is 25.3. The van der Waals surface area contributed by atoms with Gasteiger partial charge in [0.05, 0.1) is 6.42 Å². The van der Waals surface area contributed by atoms with Crippen LogP contribution in [0.25, 0.3) is 0 Å². The van der Waals surface area contributed by atoms with E-state index in [0.717, 1.165) is 5.56 Å². The Bertz CT molecular complexity index is 609. The molecule has 1 aliphatic rings. The molecule has 2 atom stereocenters. The second-order valence-electron chi connectivity index (χ2n) is 6.54. The van der Waals surface area contributed by atoms with Gasteiger partial charge in [-0.25, -0.2) is 4.79 Å². The van der Waals surface area contributed by atoms with E-state index in [1.54, 1.807) is 39.0 Å². The van der Waals surface area contributed by atoms with Crippen molar-refractivity contribution in [2.45, 2.75) is 45.0 Å². The largest absolute Gasteiger partial charge is 0.444 e. The van der Waals surface area contributed by atoms with Crippen molar-refractivity contribution in [3.05, 3.63) is 29.3 Å². The van der Waals surface area contributed by atoms with Crippen LogP contribution in [0.4, 0.5) is 10.5 Å². The van der Waals surface area contributed by atoms with Gasteiger partial charge >= 0.3 is 6.09 Å². The third-order valence-electron chi connectivity index (χ3n) is 3.32. The predicted octanol–water partition coefficient (Wildman–Crippen LogP) is 1.10. The van der Waals surface area contributed by atoms with Gasteiger partial charge in [0.2, 0.25) is 5.91 Å². The predicted molar refractivity (Wildman–Crippen MR) is 84.0 cm³/mol. The van der Waals surface area contributed by atoms with Crippen molar-refractivity contribution in [1.82, 2.24) is 5.32 Å². The molecule has 126 valence electrons. The van der Waals surface area contributed by atoms with Crippen LogP contribution >= 0.6 is 0 Å². The van der Waals surface area contributed by atoms with Gasteiger partial charge in [0.1, 0.15) is 17.8 Å². The molecule has 2 unspecified atom stereocenters. The van der Waals surface area contributed by atoms with Gasteiger partial charge in [0.25, 0.3) is 0 Å². The number of amides is 2. The number of carbonyl (C=O) groups excluding carboxylic acids is 2. The lowest BCUT2D eigenvalue weighted by atomic mass is 10.0. The fourth-order valence-corrected chi connectivity index (χ4v) is 2.25. The minimum atomic E-state index is -1.20. The number of hydrogen-bond donors (Lipinski definition) is 4. The lowest BCUT2D eigenvalue weighted by molar-refractivity contribution is -0.115. The molecular formula is C16H22N2O5. The molecule has 0 radical (unpaired) electrons. The minimum Gasteiger partial charge on any atom is -0.444 e. The maximum atomic E-state index is 11.5. The number of fused-ring (bicyclic) bond motifs is 1. The molecule has 0 fully saturated rings. The maximum absolute atomic E-state index is 11.5. The van der Waals surface area contributed by atoms with Crippen molar-refractivity contribution in [2.24, 2.45) is 0 Å². The van der Waals surface area contributed by atoms with E-state index >= 15 is 0 Å². The van der Waals surface area contributed by atoms with Gasteiger partial charge < -0.3 is 25.6 Å². The number of aliphatic hydroxyl groups is 2. The van der Waals surface area contributed by atoms with Crippen LogP contribution in [0.5, 0.6) is 0 Å². The molecule has 0 aromatic heterocycles. The maximum Gasteiger partial charge on any atom is 0.407 e. The van der Waals surface area contributed by atoms with Crippen molar-refractivity contribution < 1.29 is 24.5 Å². The molecule has 1 heterocycles. The van der Waals surface area contributed by atoms with Gasteiger partial charge in [0, 0.05) is 12.2 Å². The molecule has 0 bridgehead atoms.